The molecule has 6 nitrogen and oxygen atoms in total. The predicted octanol–water partition coefficient (Wildman–Crippen LogP) is 2.61. The summed E-state index contributed by atoms with van der Waals surface area (Å²) in [6, 6.07) is 8.30. The van der Waals surface area contributed by atoms with Gasteiger partial charge in [-0.2, -0.15) is 5.26 Å². The first-order valence-electron chi connectivity index (χ1n) is 6.68. The average Bonchev–Trinajstić information content (AvgIpc) is 2.56. The molecule has 122 valence electrons. The minimum Gasteiger partial charge on any atom is -0.507 e. The molecule has 0 spiro atoms. The quantitative estimate of drug-likeness (QED) is 0.495. The van der Waals surface area contributed by atoms with Crippen LogP contribution in [0.5, 0.6) is 5.75 Å². The van der Waals surface area contributed by atoms with Crippen LogP contribution >= 0.6 is 11.6 Å². The first-order chi connectivity index (χ1) is 11.4. The van der Waals surface area contributed by atoms with Crippen molar-refractivity contribution in [2.45, 2.75) is 0 Å². The lowest BCUT2D eigenvalue weighted by Gasteiger charge is -2.15. The Morgan fingerprint density at radius 2 is 2.08 bits per heavy atom. The number of hydrogen-bond acceptors (Lipinski definition) is 4. The molecule has 0 saturated carbocycles. The minimum absolute atomic E-state index is 0.0107. The topological polar surface area (TPSA) is 109 Å². The smallest absolute Gasteiger partial charge is 0.262 e. The van der Waals surface area contributed by atoms with Crippen molar-refractivity contribution in [3.8, 4) is 22.9 Å². The van der Waals surface area contributed by atoms with E-state index in [2.05, 4.69) is 10.6 Å². The lowest BCUT2D eigenvalue weighted by molar-refractivity contribution is 0.0974. The highest BCUT2D eigenvalue weighted by molar-refractivity contribution is 6.34. The number of nitrogens with one attached hydrogen (secondary N) is 3. The molecule has 2 aromatic rings. The summed E-state index contributed by atoms with van der Waals surface area (Å²) in [7, 11) is 1.43. The number of rotatable bonds is 2. The Bertz CT molecular complexity index is 877. The van der Waals surface area contributed by atoms with Gasteiger partial charge in [-0.05, 0) is 18.2 Å². The van der Waals surface area contributed by atoms with Crippen LogP contribution in [0.2, 0.25) is 5.02 Å². The lowest BCUT2D eigenvalue weighted by atomic mass is 9.93. The third kappa shape index (κ3) is 3.14. The van der Waals surface area contributed by atoms with Gasteiger partial charge in [-0.15, -0.1) is 0 Å². The number of carbonyl (C=O) groups excluding carboxylic acids is 1. The lowest BCUT2D eigenvalue weighted by Crippen LogP contribution is -2.38. The molecule has 0 heterocycles. The standard InChI is InChI=1S/C16H12ClFN4O2/c1-21-16(20)22-15(24)13-11(23)6-5-8(7-19)12(13)9-3-2-4-10(18)14(9)17/h2-6,23H,1H3,(H3,20,21,22,24). The molecule has 0 fully saturated rings. The molecule has 4 N–H and O–H groups in total. The highest BCUT2D eigenvalue weighted by Gasteiger charge is 2.24. The normalized spacial score (nSPS) is 9.92. The number of amides is 1. The third-order valence-corrected chi connectivity index (χ3v) is 3.62. The number of aromatic hydroxyl groups is 1. The van der Waals surface area contributed by atoms with Crippen molar-refractivity contribution < 1.29 is 14.3 Å². The number of halogens is 2. The molecule has 0 aliphatic rings. The van der Waals surface area contributed by atoms with Crippen LogP contribution < -0.4 is 10.6 Å². The highest BCUT2D eigenvalue weighted by Crippen LogP contribution is 2.38. The Kier molecular flexibility index (Phi) is 5.02. The van der Waals surface area contributed by atoms with Crippen LogP contribution in [0.15, 0.2) is 30.3 Å². The van der Waals surface area contributed by atoms with Gasteiger partial charge in [0.25, 0.3) is 5.91 Å². The molecule has 1 amide bonds. The summed E-state index contributed by atoms with van der Waals surface area (Å²) in [5.74, 6) is -2.29. The van der Waals surface area contributed by atoms with E-state index in [1.54, 1.807) is 0 Å². The fourth-order valence-corrected chi connectivity index (χ4v) is 2.35. The number of nitriles is 1. The summed E-state index contributed by atoms with van der Waals surface area (Å²) in [6.45, 7) is 0. The van der Waals surface area contributed by atoms with Crippen molar-refractivity contribution in [3.63, 3.8) is 0 Å². The van der Waals surface area contributed by atoms with Crippen molar-refractivity contribution >= 4 is 23.5 Å². The van der Waals surface area contributed by atoms with Gasteiger partial charge < -0.3 is 10.4 Å². The molecule has 0 aromatic heterocycles. The van der Waals surface area contributed by atoms with E-state index < -0.39 is 17.5 Å². The molecule has 2 aromatic carbocycles. The predicted molar refractivity (Wildman–Crippen MR) is 87.5 cm³/mol. The van der Waals surface area contributed by atoms with Crippen molar-refractivity contribution in [1.29, 1.82) is 10.7 Å². The number of benzene rings is 2. The molecule has 24 heavy (non-hydrogen) atoms. The Balaban J connectivity index is 2.76. The van der Waals surface area contributed by atoms with Crippen molar-refractivity contribution in [2.75, 3.05) is 7.05 Å². The van der Waals surface area contributed by atoms with Crippen LogP contribution in [-0.2, 0) is 0 Å². The zero-order valence-corrected chi connectivity index (χ0v) is 13.2. The van der Waals surface area contributed by atoms with Gasteiger partial charge in [0, 0.05) is 18.2 Å². The van der Waals surface area contributed by atoms with Crippen LogP contribution in [0.25, 0.3) is 11.1 Å². The van der Waals surface area contributed by atoms with E-state index in [9.17, 15) is 19.6 Å². The maximum Gasteiger partial charge on any atom is 0.262 e. The highest BCUT2D eigenvalue weighted by atomic mass is 35.5. The molecule has 0 saturated heterocycles. The summed E-state index contributed by atoms with van der Waals surface area (Å²) < 4.78 is 13.8. The second-order valence-electron chi connectivity index (χ2n) is 4.67. The fourth-order valence-electron chi connectivity index (χ4n) is 2.13. The number of guanidine groups is 1. The molecule has 0 aliphatic carbocycles. The number of hydrogen-bond donors (Lipinski definition) is 4. The van der Waals surface area contributed by atoms with Crippen LogP contribution in [0.3, 0.4) is 0 Å². The van der Waals surface area contributed by atoms with E-state index in [1.807, 2.05) is 6.07 Å². The van der Waals surface area contributed by atoms with E-state index in [4.69, 9.17) is 17.0 Å². The molecule has 0 aliphatic heterocycles. The van der Waals surface area contributed by atoms with Gasteiger partial charge in [-0.3, -0.25) is 15.5 Å². The number of phenolic OH excluding ortho intramolecular Hbond substituents is 1. The first kappa shape index (κ1) is 17.2. The molecule has 0 atom stereocenters. The summed E-state index contributed by atoms with van der Waals surface area (Å²) in [6.07, 6.45) is 0. The molecular weight excluding hydrogens is 335 g/mol. The molecule has 0 unspecified atom stereocenters. The Morgan fingerprint density at radius 3 is 2.71 bits per heavy atom. The van der Waals surface area contributed by atoms with Gasteiger partial charge in [0.05, 0.1) is 22.2 Å². The van der Waals surface area contributed by atoms with Crippen molar-refractivity contribution in [2.24, 2.45) is 0 Å². The van der Waals surface area contributed by atoms with E-state index in [0.29, 0.717) is 0 Å². The maximum atomic E-state index is 13.8. The van der Waals surface area contributed by atoms with Gasteiger partial charge in [-0.1, -0.05) is 23.7 Å². The number of phenols is 1. The largest absolute Gasteiger partial charge is 0.507 e. The first-order valence-corrected chi connectivity index (χ1v) is 7.06. The van der Waals surface area contributed by atoms with E-state index in [1.165, 1.54) is 31.3 Å². The fraction of sp³-hybridized carbons (Fsp3) is 0.0625. The molecule has 0 radical (unpaired) electrons. The monoisotopic (exact) mass is 346 g/mol. The minimum atomic E-state index is -0.834. The SMILES string of the molecule is CNC(=N)NC(=O)c1c(O)ccc(C#N)c1-c1cccc(F)c1Cl. The third-order valence-electron chi connectivity index (χ3n) is 3.24. The Labute approximate surface area is 142 Å². The number of nitrogens with zero attached hydrogens (tertiary/aromatic N) is 1. The number of carbonyl (C=O) groups is 1. The van der Waals surface area contributed by atoms with Crippen LogP contribution in [0.1, 0.15) is 15.9 Å². The molecule has 8 heteroatoms. The van der Waals surface area contributed by atoms with Gasteiger partial charge in [0.1, 0.15) is 11.6 Å². The van der Waals surface area contributed by atoms with Crippen LogP contribution in [-0.4, -0.2) is 24.0 Å². The molecule has 0 bridgehead atoms. The maximum absolute atomic E-state index is 13.8. The van der Waals surface area contributed by atoms with Crippen molar-refractivity contribution in [1.82, 2.24) is 10.6 Å². The second-order valence-corrected chi connectivity index (χ2v) is 5.05. The van der Waals surface area contributed by atoms with Gasteiger partial charge in [-0.25, -0.2) is 4.39 Å². The van der Waals surface area contributed by atoms with Gasteiger partial charge >= 0.3 is 0 Å². The van der Waals surface area contributed by atoms with Crippen LogP contribution in [0, 0.1) is 22.6 Å². The Hall–Kier alpha value is -3.11. The average molecular weight is 347 g/mol. The second kappa shape index (κ2) is 6.98. The zero-order chi connectivity index (χ0) is 17.9. The van der Waals surface area contributed by atoms with E-state index in [-0.39, 0.29) is 33.2 Å². The van der Waals surface area contributed by atoms with E-state index >= 15 is 0 Å². The summed E-state index contributed by atoms with van der Waals surface area (Å²) >= 11 is 5.97. The molecular formula is C16H12ClFN4O2. The summed E-state index contributed by atoms with van der Waals surface area (Å²) in [4.78, 5) is 12.4. The van der Waals surface area contributed by atoms with Gasteiger partial charge in [0.2, 0.25) is 0 Å². The van der Waals surface area contributed by atoms with Crippen molar-refractivity contribution in [3.05, 3.63) is 52.3 Å². The summed E-state index contributed by atoms with van der Waals surface area (Å²) in [5.41, 5.74) is -0.170. The summed E-state index contributed by atoms with van der Waals surface area (Å²) in [5, 5.41) is 31.2. The Morgan fingerprint density at radius 1 is 1.38 bits per heavy atom. The zero-order valence-electron chi connectivity index (χ0n) is 12.4. The molecule has 2 rings (SSSR count). The van der Waals surface area contributed by atoms with Gasteiger partial charge in [0.15, 0.2) is 5.96 Å². The van der Waals surface area contributed by atoms with E-state index in [0.717, 1.165) is 6.07 Å². The van der Waals surface area contributed by atoms with Crippen LogP contribution in [0.4, 0.5) is 4.39 Å².